The number of nitrogens with one attached hydrogen (secondary N) is 2. The fraction of sp³-hybridized carbons (Fsp3) is 0.167. The van der Waals surface area contributed by atoms with Crippen LogP contribution in [0.15, 0.2) is 61.1 Å². The van der Waals surface area contributed by atoms with Gasteiger partial charge in [-0.3, -0.25) is 15.1 Å². The second-order valence-electron chi connectivity index (χ2n) is 7.84. The van der Waals surface area contributed by atoms with Crippen molar-refractivity contribution in [3.63, 3.8) is 0 Å². The van der Waals surface area contributed by atoms with E-state index in [1.807, 2.05) is 43.7 Å². The van der Waals surface area contributed by atoms with E-state index in [1.165, 1.54) is 0 Å². The first-order valence-electron chi connectivity index (χ1n) is 10.4. The van der Waals surface area contributed by atoms with Gasteiger partial charge in [0.25, 0.3) is 0 Å². The Kier molecular flexibility index (Phi) is 4.14. The van der Waals surface area contributed by atoms with E-state index in [4.69, 9.17) is 9.97 Å². The zero-order chi connectivity index (χ0) is 20.8. The van der Waals surface area contributed by atoms with Crippen molar-refractivity contribution >= 4 is 10.9 Å². The minimum atomic E-state index is 0.762. The second-order valence-corrected chi connectivity index (χ2v) is 7.84. The maximum absolute atomic E-state index is 4.99. The minimum Gasteiger partial charge on any atom is -0.325 e. The van der Waals surface area contributed by atoms with E-state index in [2.05, 4.69) is 49.3 Å². The molecule has 2 N–H and O–H groups in total. The molecule has 0 bridgehead atoms. The van der Waals surface area contributed by atoms with Crippen molar-refractivity contribution in [1.82, 2.24) is 35.0 Å². The van der Waals surface area contributed by atoms with Gasteiger partial charge in [0.15, 0.2) is 0 Å². The Bertz CT molecular complexity index is 1400. The van der Waals surface area contributed by atoms with Gasteiger partial charge < -0.3 is 9.88 Å². The summed E-state index contributed by atoms with van der Waals surface area (Å²) in [5.41, 5.74) is 8.09. The molecule has 0 fully saturated rings. The molecule has 6 rings (SSSR count). The highest BCUT2D eigenvalue weighted by molar-refractivity contribution is 5.89. The molecule has 1 aliphatic heterocycles. The van der Waals surface area contributed by atoms with Crippen LogP contribution in [0.25, 0.3) is 44.7 Å². The van der Waals surface area contributed by atoms with E-state index < -0.39 is 0 Å². The summed E-state index contributed by atoms with van der Waals surface area (Å²) in [7, 11) is 0. The number of H-pyrrole nitrogens is 1. The van der Waals surface area contributed by atoms with Crippen LogP contribution in [-0.4, -0.2) is 36.3 Å². The van der Waals surface area contributed by atoms with E-state index in [9.17, 15) is 0 Å². The molecule has 1 aromatic carbocycles. The molecule has 152 valence electrons. The summed E-state index contributed by atoms with van der Waals surface area (Å²) in [6.45, 7) is 4.59. The van der Waals surface area contributed by atoms with Crippen LogP contribution < -0.4 is 5.32 Å². The van der Waals surface area contributed by atoms with Crippen molar-refractivity contribution in [2.24, 2.45) is 0 Å². The highest BCUT2D eigenvalue weighted by Crippen LogP contribution is 2.35. The lowest BCUT2D eigenvalue weighted by Gasteiger charge is -2.18. The largest absolute Gasteiger partial charge is 0.325 e. The number of hydrogen-bond acceptors (Lipinski definition) is 5. The Morgan fingerprint density at radius 3 is 2.77 bits per heavy atom. The second kappa shape index (κ2) is 7.14. The molecular weight excluding hydrogens is 386 g/mol. The molecule has 7 heteroatoms. The Morgan fingerprint density at radius 1 is 0.968 bits per heavy atom. The van der Waals surface area contributed by atoms with E-state index in [-0.39, 0.29) is 0 Å². The third-order valence-corrected chi connectivity index (χ3v) is 5.76. The summed E-state index contributed by atoms with van der Waals surface area (Å²) in [5, 5.41) is 11.4. The summed E-state index contributed by atoms with van der Waals surface area (Å²) in [5.74, 6) is 1.05. The van der Waals surface area contributed by atoms with Gasteiger partial charge in [0.05, 0.1) is 29.6 Å². The fourth-order valence-corrected chi connectivity index (χ4v) is 4.26. The first-order valence-corrected chi connectivity index (χ1v) is 10.4. The number of fused-ring (bicyclic) bond motifs is 2. The Morgan fingerprint density at radius 2 is 1.90 bits per heavy atom. The third-order valence-electron chi connectivity index (χ3n) is 5.76. The number of hydrogen-bond donors (Lipinski definition) is 2. The Labute approximate surface area is 179 Å². The summed E-state index contributed by atoms with van der Waals surface area (Å²) in [4.78, 5) is 14.4. The molecule has 31 heavy (non-hydrogen) atoms. The Hall–Kier alpha value is -3.84. The molecule has 5 heterocycles. The standard InChI is InChI=1S/C24H21N7/c1-15-3-2-4-21(29-15)23-24(31-8-7-25-14-22(31)30-23)16-5-6-20-17(9-16)10-18(11-26-20)19-12-27-28-13-19/h2-6,9-13,25H,7-8,14H2,1H3,(H,27,28). The number of rotatable bonds is 3. The normalized spacial score (nSPS) is 13.5. The van der Waals surface area contributed by atoms with Crippen LogP contribution >= 0.6 is 0 Å². The summed E-state index contributed by atoms with van der Waals surface area (Å²) >= 11 is 0. The lowest BCUT2D eigenvalue weighted by atomic mass is 10.0. The van der Waals surface area contributed by atoms with Crippen molar-refractivity contribution in [3.05, 3.63) is 72.6 Å². The number of aryl methyl sites for hydroxylation is 1. The maximum Gasteiger partial charge on any atom is 0.124 e. The zero-order valence-corrected chi connectivity index (χ0v) is 17.1. The molecule has 0 radical (unpaired) electrons. The van der Waals surface area contributed by atoms with Gasteiger partial charge in [-0.05, 0) is 37.3 Å². The average Bonchev–Trinajstić information content (AvgIpc) is 3.47. The number of imidazole rings is 1. The molecule has 0 unspecified atom stereocenters. The molecule has 0 amide bonds. The first-order chi connectivity index (χ1) is 15.3. The van der Waals surface area contributed by atoms with Crippen molar-refractivity contribution in [3.8, 4) is 33.8 Å². The van der Waals surface area contributed by atoms with Gasteiger partial charge >= 0.3 is 0 Å². The number of aromatic nitrogens is 6. The zero-order valence-electron chi connectivity index (χ0n) is 17.1. The van der Waals surface area contributed by atoms with Gasteiger partial charge in [0.1, 0.15) is 11.5 Å². The minimum absolute atomic E-state index is 0.762. The molecule has 1 aliphatic rings. The van der Waals surface area contributed by atoms with Crippen LogP contribution in [0.2, 0.25) is 0 Å². The van der Waals surface area contributed by atoms with Crippen LogP contribution in [0.4, 0.5) is 0 Å². The SMILES string of the molecule is Cc1cccc(-c2nc3n(c2-c2ccc4ncc(-c5cn[nH]c5)cc4c2)CCNC3)n1. The van der Waals surface area contributed by atoms with Gasteiger partial charge in [-0.2, -0.15) is 5.10 Å². The fourth-order valence-electron chi connectivity index (χ4n) is 4.26. The number of pyridine rings is 2. The molecule has 0 saturated carbocycles. The monoisotopic (exact) mass is 407 g/mol. The molecule has 0 spiro atoms. The maximum atomic E-state index is 4.99. The molecular formula is C24H21N7. The van der Waals surface area contributed by atoms with Gasteiger partial charge in [0, 0.05) is 53.3 Å². The molecule has 0 atom stereocenters. The van der Waals surface area contributed by atoms with Crippen LogP contribution in [0.3, 0.4) is 0 Å². The molecule has 0 aliphatic carbocycles. The molecule has 5 aromatic rings. The highest BCUT2D eigenvalue weighted by Gasteiger charge is 2.23. The summed E-state index contributed by atoms with van der Waals surface area (Å²) in [6.07, 6.45) is 5.59. The van der Waals surface area contributed by atoms with E-state index in [1.54, 1.807) is 0 Å². The smallest absolute Gasteiger partial charge is 0.124 e. The molecule has 4 aromatic heterocycles. The predicted octanol–water partition coefficient (Wildman–Crippen LogP) is 3.96. The quantitative estimate of drug-likeness (QED) is 0.473. The lowest BCUT2D eigenvalue weighted by molar-refractivity contribution is 0.508. The Balaban J connectivity index is 1.55. The number of nitrogens with zero attached hydrogens (tertiary/aromatic N) is 5. The summed E-state index contributed by atoms with van der Waals surface area (Å²) in [6, 6.07) is 14.7. The topological polar surface area (TPSA) is 84.3 Å². The number of aromatic amines is 1. The van der Waals surface area contributed by atoms with Crippen molar-refractivity contribution < 1.29 is 0 Å². The van der Waals surface area contributed by atoms with Gasteiger partial charge in [-0.15, -0.1) is 0 Å². The van der Waals surface area contributed by atoms with E-state index in [0.717, 1.165) is 75.8 Å². The van der Waals surface area contributed by atoms with Crippen LogP contribution in [0, 0.1) is 6.92 Å². The van der Waals surface area contributed by atoms with Crippen LogP contribution in [-0.2, 0) is 13.1 Å². The highest BCUT2D eigenvalue weighted by atomic mass is 15.2. The van der Waals surface area contributed by atoms with E-state index in [0.29, 0.717) is 0 Å². The summed E-state index contributed by atoms with van der Waals surface area (Å²) < 4.78 is 2.32. The van der Waals surface area contributed by atoms with Gasteiger partial charge in [-0.25, -0.2) is 4.98 Å². The lowest BCUT2D eigenvalue weighted by Crippen LogP contribution is -2.28. The molecule has 7 nitrogen and oxygen atoms in total. The van der Waals surface area contributed by atoms with Crippen molar-refractivity contribution in [1.29, 1.82) is 0 Å². The van der Waals surface area contributed by atoms with Gasteiger partial charge in [-0.1, -0.05) is 12.1 Å². The van der Waals surface area contributed by atoms with Crippen molar-refractivity contribution in [2.75, 3.05) is 6.54 Å². The van der Waals surface area contributed by atoms with Gasteiger partial charge in [0.2, 0.25) is 0 Å². The first kappa shape index (κ1) is 18.0. The predicted molar refractivity (Wildman–Crippen MR) is 120 cm³/mol. The van der Waals surface area contributed by atoms with Crippen LogP contribution in [0.1, 0.15) is 11.5 Å². The molecule has 0 saturated heterocycles. The van der Waals surface area contributed by atoms with Crippen LogP contribution in [0.5, 0.6) is 0 Å². The average molecular weight is 407 g/mol. The number of benzene rings is 1. The van der Waals surface area contributed by atoms with Crippen molar-refractivity contribution in [2.45, 2.75) is 20.0 Å². The van der Waals surface area contributed by atoms with E-state index >= 15 is 0 Å². The third kappa shape index (κ3) is 3.10.